The molecule has 0 bridgehead atoms. The Hall–Kier alpha value is -3.69. The van der Waals surface area contributed by atoms with Gasteiger partial charge in [-0.25, -0.2) is 13.6 Å². The Labute approximate surface area is 245 Å². The van der Waals surface area contributed by atoms with Crippen molar-refractivity contribution in [1.82, 2.24) is 5.32 Å². The molecule has 2 aliphatic heterocycles. The van der Waals surface area contributed by atoms with Gasteiger partial charge in [0.25, 0.3) is 0 Å². The molecule has 0 unspecified atom stereocenters. The topological polar surface area (TPSA) is 93.7 Å². The van der Waals surface area contributed by atoms with Gasteiger partial charge in [-0.3, -0.25) is 9.59 Å². The summed E-state index contributed by atoms with van der Waals surface area (Å²) in [5, 5.41) is 6.19. The van der Waals surface area contributed by atoms with Crippen molar-refractivity contribution in [2.24, 2.45) is 0 Å². The molecule has 7 nitrogen and oxygen atoms in total. The predicted octanol–water partition coefficient (Wildman–Crippen LogP) is 6.23. The second-order valence-corrected chi connectivity index (χ2v) is 11.3. The van der Waals surface area contributed by atoms with Crippen molar-refractivity contribution in [2.45, 2.75) is 50.2 Å². The van der Waals surface area contributed by atoms with Crippen LogP contribution in [0.4, 0.5) is 14.5 Å². The molecule has 2 aliphatic rings. The summed E-state index contributed by atoms with van der Waals surface area (Å²) in [7, 11) is 0. The molecule has 2 N–H and O–H groups in total. The Kier molecular flexibility index (Phi) is 7.46. The zero-order valence-corrected chi connectivity index (χ0v) is 23.8. The number of hydrogen-bond donors (Lipinski definition) is 2. The molecule has 3 atom stereocenters. The first kappa shape index (κ1) is 28.8. The summed E-state index contributed by atoms with van der Waals surface area (Å²) in [6.45, 7) is 4.85. The van der Waals surface area contributed by atoms with Gasteiger partial charge in [0.15, 0.2) is 5.60 Å². The second kappa shape index (κ2) is 10.6. The Morgan fingerprint density at radius 2 is 1.73 bits per heavy atom. The van der Waals surface area contributed by atoms with E-state index in [2.05, 4.69) is 10.6 Å². The van der Waals surface area contributed by atoms with Crippen LogP contribution in [0.5, 0.6) is 5.75 Å². The van der Waals surface area contributed by atoms with Crippen LogP contribution in [0.1, 0.15) is 55.8 Å². The molecular weight excluding hydrogens is 577 g/mol. The van der Waals surface area contributed by atoms with E-state index in [0.717, 1.165) is 18.2 Å². The second-order valence-electron chi connectivity index (χ2n) is 10.5. The predicted molar refractivity (Wildman–Crippen MR) is 149 cm³/mol. The molecule has 0 aromatic heterocycles. The molecule has 0 aliphatic carbocycles. The van der Waals surface area contributed by atoms with Gasteiger partial charge in [0.1, 0.15) is 22.8 Å². The largest absolute Gasteiger partial charge is 0.476 e. The molecule has 0 saturated carbocycles. The van der Waals surface area contributed by atoms with E-state index in [1.807, 2.05) is 0 Å². The highest BCUT2D eigenvalue weighted by molar-refractivity contribution is 6.31. The fourth-order valence-corrected chi connectivity index (χ4v) is 6.12. The number of nitrogens with one attached hydrogen (secondary N) is 2. The zero-order valence-electron chi connectivity index (χ0n) is 22.3. The molecular formula is C30H26Cl2F2N2O5. The maximum absolute atomic E-state index is 15.4. The summed E-state index contributed by atoms with van der Waals surface area (Å²) in [5.41, 5.74) is -2.26. The van der Waals surface area contributed by atoms with Gasteiger partial charge in [0.2, 0.25) is 11.8 Å². The number of hydrogen-bond acceptors (Lipinski definition) is 5. The lowest BCUT2D eigenvalue weighted by molar-refractivity contribution is -0.158. The van der Waals surface area contributed by atoms with E-state index in [-0.39, 0.29) is 29.4 Å². The molecule has 11 heteroatoms. The number of esters is 1. The third kappa shape index (κ3) is 4.91. The number of piperidine rings is 1. The van der Waals surface area contributed by atoms with Crippen molar-refractivity contribution in [3.05, 3.63) is 93.0 Å². The molecule has 1 spiro atoms. The Morgan fingerprint density at radius 3 is 2.46 bits per heavy atom. The van der Waals surface area contributed by atoms with Crippen LogP contribution in [0, 0.1) is 11.6 Å². The molecule has 1 saturated heterocycles. The van der Waals surface area contributed by atoms with Gasteiger partial charge in [0.05, 0.1) is 12.6 Å². The number of halogens is 4. The number of carbonyl (C=O) groups is 3. The highest BCUT2D eigenvalue weighted by Gasteiger charge is 2.62. The van der Waals surface area contributed by atoms with Crippen molar-refractivity contribution in [3.8, 4) is 5.75 Å². The third-order valence-electron chi connectivity index (χ3n) is 7.50. The zero-order chi connectivity index (χ0) is 29.7. The third-order valence-corrected chi connectivity index (χ3v) is 7.97. The van der Waals surface area contributed by atoms with Crippen molar-refractivity contribution < 1.29 is 32.6 Å². The Balaban J connectivity index is 1.78. The minimum absolute atomic E-state index is 0.130. The van der Waals surface area contributed by atoms with Crippen molar-refractivity contribution in [1.29, 1.82) is 0 Å². The average molecular weight is 603 g/mol. The number of benzene rings is 3. The molecule has 41 heavy (non-hydrogen) atoms. The summed E-state index contributed by atoms with van der Waals surface area (Å²) in [5.74, 6) is -4.10. The Bertz CT molecular complexity index is 1580. The number of ether oxygens (including phenoxy) is 2. The van der Waals surface area contributed by atoms with E-state index in [4.69, 9.17) is 32.7 Å². The van der Waals surface area contributed by atoms with Gasteiger partial charge in [-0.15, -0.1) is 0 Å². The fourth-order valence-electron chi connectivity index (χ4n) is 5.76. The Morgan fingerprint density at radius 1 is 1.02 bits per heavy atom. The van der Waals surface area contributed by atoms with Gasteiger partial charge in [0, 0.05) is 39.2 Å². The summed E-state index contributed by atoms with van der Waals surface area (Å²) in [4.78, 5) is 40.2. The highest BCUT2D eigenvalue weighted by Crippen LogP contribution is 2.59. The highest BCUT2D eigenvalue weighted by atomic mass is 35.5. The first-order chi connectivity index (χ1) is 19.4. The van der Waals surface area contributed by atoms with Crippen LogP contribution in [0.25, 0.3) is 0 Å². The van der Waals surface area contributed by atoms with E-state index in [1.54, 1.807) is 37.3 Å². The molecule has 0 radical (unpaired) electrons. The van der Waals surface area contributed by atoms with Crippen LogP contribution in [0.2, 0.25) is 10.0 Å². The van der Waals surface area contributed by atoms with Crippen LogP contribution in [-0.4, -0.2) is 30.0 Å². The van der Waals surface area contributed by atoms with Crippen molar-refractivity contribution >= 4 is 46.7 Å². The summed E-state index contributed by atoms with van der Waals surface area (Å²) < 4.78 is 41.2. The normalized spacial score (nSPS) is 21.7. The van der Waals surface area contributed by atoms with Gasteiger partial charge >= 0.3 is 5.97 Å². The number of carbonyl (C=O) groups excluding carboxylic acids is 3. The maximum atomic E-state index is 15.4. The summed E-state index contributed by atoms with van der Waals surface area (Å²) in [6, 6.07) is 10.9. The van der Waals surface area contributed by atoms with Crippen LogP contribution >= 0.6 is 23.2 Å². The summed E-state index contributed by atoms with van der Waals surface area (Å²) in [6.07, 6.45) is -0.237. The van der Waals surface area contributed by atoms with Gasteiger partial charge in [-0.05, 0) is 74.9 Å². The molecule has 3 aromatic carbocycles. The molecule has 1 fully saturated rings. The number of fused-ring (bicyclic) bond motifs is 2. The standard InChI is InChI=1S/C30H26Cl2F2N2O5/c1-4-40-28(39)29(2,3)41-24-10-6-15(31)11-18(24)21-14-25(37)36-26(19-13-17(33)7-9-22(19)34)30(21)20-8-5-16(32)12-23(20)35-27(30)38/h5-13,21,26H,4,14H2,1-3H3,(H,35,38)(H,36,37)/t21-,26+,30-/m1/s1. The van der Waals surface area contributed by atoms with Crippen LogP contribution in [0.15, 0.2) is 54.6 Å². The monoisotopic (exact) mass is 602 g/mol. The molecule has 2 heterocycles. The molecule has 3 aromatic rings. The van der Waals surface area contributed by atoms with E-state index in [0.29, 0.717) is 21.8 Å². The fraction of sp³-hybridized carbons (Fsp3) is 0.300. The van der Waals surface area contributed by atoms with E-state index in [1.165, 1.54) is 19.9 Å². The van der Waals surface area contributed by atoms with Gasteiger partial charge in [-0.1, -0.05) is 29.3 Å². The van der Waals surface area contributed by atoms with Crippen LogP contribution < -0.4 is 15.4 Å². The molecule has 2 amide bonds. The first-order valence-electron chi connectivity index (χ1n) is 12.9. The lowest BCUT2D eigenvalue weighted by Crippen LogP contribution is -2.57. The van der Waals surface area contributed by atoms with Gasteiger partial charge in [-0.2, -0.15) is 0 Å². The van der Waals surface area contributed by atoms with E-state index >= 15 is 4.39 Å². The maximum Gasteiger partial charge on any atom is 0.349 e. The van der Waals surface area contributed by atoms with Gasteiger partial charge < -0.3 is 20.1 Å². The average Bonchev–Trinajstić information content (AvgIpc) is 3.18. The van der Waals surface area contributed by atoms with E-state index < -0.39 is 52.4 Å². The first-order valence-corrected chi connectivity index (χ1v) is 13.7. The molecule has 5 rings (SSSR count). The summed E-state index contributed by atoms with van der Waals surface area (Å²) >= 11 is 12.7. The molecule has 214 valence electrons. The van der Waals surface area contributed by atoms with Crippen LogP contribution in [0.3, 0.4) is 0 Å². The minimum Gasteiger partial charge on any atom is -0.476 e. The number of amides is 2. The van der Waals surface area contributed by atoms with Crippen LogP contribution in [-0.2, 0) is 24.5 Å². The quantitative estimate of drug-likeness (QED) is 0.326. The lowest BCUT2D eigenvalue weighted by Gasteiger charge is -2.46. The number of rotatable bonds is 6. The van der Waals surface area contributed by atoms with Crippen molar-refractivity contribution in [3.63, 3.8) is 0 Å². The smallest absolute Gasteiger partial charge is 0.349 e. The lowest BCUT2D eigenvalue weighted by atomic mass is 9.59. The SMILES string of the molecule is CCOC(=O)C(C)(C)Oc1ccc(Cl)cc1[C@H]1CC(=O)N[C@@H](c2cc(F)ccc2F)[C@]12C(=O)Nc1cc(Cl)ccc12. The van der Waals surface area contributed by atoms with Crippen molar-refractivity contribution in [2.75, 3.05) is 11.9 Å². The number of anilines is 1. The minimum atomic E-state index is -1.70. The van der Waals surface area contributed by atoms with E-state index in [9.17, 15) is 18.8 Å².